The van der Waals surface area contributed by atoms with Crippen molar-refractivity contribution in [2.24, 2.45) is 10.9 Å². The zero-order valence-electron chi connectivity index (χ0n) is 10.9. The average Bonchev–Trinajstić information content (AvgIpc) is 2.79. The highest BCUT2D eigenvalue weighted by Crippen LogP contribution is 2.31. The Hall–Kier alpha value is -1.78. The highest BCUT2D eigenvalue weighted by atomic mass is 16.4. The normalized spacial score (nSPS) is 24.6. The topological polar surface area (TPSA) is 74.7 Å². The summed E-state index contributed by atoms with van der Waals surface area (Å²) in [4.78, 5) is 6.66. The van der Waals surface area contributed by atoms with Crippen LogP contribution < -0.4 is 10.6 Å². The maximum Gasteiger partial charge on any atom is 0.188 e. The molecule has 18 heavy (non-hydrogen) atoms. The Bertz CT molecular complexity index is 429. The van der Waals surface area contributed by atoms with Crippen LogP contribution in [0.25, 0.3) is 0 Å². The molecule has 0 saturated carbocycles. The summed E-state index contributed by atoms with van der Waals surface area (Å²) < 4.78 is 0. The van der Waals surface area contributed by atoms with Crippen LogP contribution in [0.5, 0.6) is 0 Å². The third-order valence-corrected chi connectivity index (χ3v) is 3.67. The molecule has 1 aromatic heterocycles. The maximum atomic E-state index is 8.60. The Labute approximate surface area is 107 Å². The van der Waals surface area contributed by atoms with Crippen molar-refractivity contribution in [2.75, 3.05) is 4.90 Å². The van der Waals surface area contributed by atoms with Crippen LogP contribution >= 0.6 is 0 Å². The van der Waals surface area contributed by atoms with Crippen molar-refractivity contribution in [1.29, 1.82) is 0 Å². The first kappa shape index (κ1) is 12.7. The second-order valence-corrected chi connectivity index (χ2v) is 4.78. The first-order chi connectivity index (χ1) is 8.67. The summed E-state index contributed by atoms with van der Waals surface area (Å²) in [6, 6.07) is 4.93. The first-order valence-electron chi connectivity index (χ1n) is 6.39. The van der Waals surface area contributed by atoms with Gasteiger partial charge in [-0.3, -0.25) is 4.98 Å². The highest BCUT2D eigenvalue weighted by molar-refractivity contribution is 5.95. The molecule has 98 valence electrons. The van der Waals surface area contributed by atoms with Crippen molar-refractivity contribution >= 4 is 11.5 Å². The summed E-state index contributed by atoms with van der Waals surface area (Å²) in [5.74, 6) is 0.0445. The molecular formula is C13H20N4O. The lowest BCUT2D eigenvalue weighted by Crippen LogP contribution is -2.34. The van der Waals surface area contributed by atoms with Crippen LogP contribution in [0.4, 0.5) is 5.69 Å². The molecule has 1 aromatic rings. The van der Waals surface area contributed by atoms with Crippen molar-refractivity contribution in [1.82, 2.24) is 4.98 Å². The van der Waals surface area contributed by atoms with Gasteiger partial charge in [0.2, 0.25) is 0 Å². The summed E-state index contributed by atoms with van der Waals surface area (Å²) in [5, 5.41) is 11.6. The van der Waals surface area contributed by atoms with E-state index >= 15 is 0 Å². The predicted octanol–water partition coefficient (Wildman–Crippen LogP) is 1.94. The number of aromatic nitrogens is 1. The van der Waals surface area contributed by atoms with Crippen molar-refractivity contribution < 1.29 is 5.21 Å². The Morgan fingerprint density at radius 1 is 1.56 bits per heavy atom. The van der Waals surface area contributed by atoms with Crippen molar-refractivity contribution in [3.8, 4) is 0 Å². The fourth-order valence-electron chi connectivity index (χ4n) is 2.68. The monoisotopic (exact) mass is 248 g/mol. The number of amidine groups is 1. The van der Waals surface area contributed by atoms with Crippen LogP contribution in [-0.2, 0) is 0 Å². The number of hydrogen-bond acceptors (Lipinski definition) is 4. The first-order valence-corrected chi connectivity index (χ1v) is 6.39. The van der Waals surface area contributed by atoms with Gasteiger partial charge in [0, 0.05) is 12.1 Å². The van der Waals surface area contributed by atoms with Gasteiger partial charge in [-0.15, -0.1) is 0 Å². The molecule has 5 heteroatoms. The predicted molar refractivity (Wildman–Crippen MR) is 72.0 cm³/mol. The molecule has 0 aliphatic carbocycles. The zero-order valence-corrected chi connectivity index (χ0v) is 10.9. The number of nitrogens with two attached hydrogens (primary N) is 1. The maximum absolute atomic E-state index is 8.60. The fraction of sp³-hybridized carbons (Fsp3) is 0.538. The molecule has 0 bridgehead atoms. The van der Waals surface area contributed by atoms with Crippen LogP contribution in [-0.4, -0.2) is 28.1 Å². The Morgan fingerprint density at radius 2 is 2.33 bits per heavy atom. The Morgan fingerprint density at radius 3 is 2.89 bits per heavy atom. The molecule has 0 radical (unpaired) electrons. The van der Waals surface area contributed by atoms with Crippen LogP contribution in [0.2, 0.25) is 0 Å². The van der Waals surface area contributed by atoms with E-state index in [9.17, 15) is 0 Å². The minimum atomic E-state index is 0.0445. The molecule has 2 atom stereocenters. The van der Waals surface area contributed by atoms with E-state index < -0.39 is 0 Å². The molecule has 1 aliphatic rings. The molecule has 1 saturated heterocycles. The number of pyridine rings is 1. The quantitative estimate of drug-likeness (QED) is 0.371. The summed E-state index contributed by atoms with van der Waals surface area (Å²) in [6.07, 6.45) is 5.41. The van der Waals surface area contributed by atoms with Gasteiger partial charge in [0.1, 0.15) is 5.69 Å². The molecule has 1 fully saturated rings. The van der Waals surface area contributed by atoms with Crippen molar-refractivity contribution in [2.45, 2.75) is 45.2 Å². The van der Waals surface area contributed by atoms with Gasteiger partial charge in [0.05, 0.1) is 11.9 Å². The van der Waals surface area contributed by atoms with E-state index in [0.29, 0.717) is 17.8 Å². The molecular weight excluding hydrogens is 228 g/mol. The van der Waals surface area contributed by atoms with Crippen LogP contribution in [0.3, 0.4) is 0 Å². The average molecular weight is 248 g/mol. The third-order valence-electron chi connectivity index (χ3n) is 3.67. The van der Waals surface area contributed by atoms with Crippen LogP contribution in [0.15, 0.2) is 23.5 Å². The van der Waals surface area contributed by atoms with Crippen molar-refractivity contribution in [3.05, 3.63) is 24.0 Å². The molecule has 1 aliphatic heterocycles. The molecule has 5 nitrogen and oxygen atoms in total. The SMILES string of the molecule is CCC1CCC(C)N1c1ccc(/C(N)=N/O)nc1. The minimum Gasteiger partial charge on any atom is -0.409 e. The van der Waals surface area contributed by atoms with Crippen molar-refractivity contribution in [3.63, 3.8) is 0 Å². The second kappa shape index (κ2) is 5.25. The largest absolute Gasteiger partial charge is 0.409 e. The molecule has 3 N–H and O–H groups in total. The molecule has 2 rings (SSSR count). The van der Waals surface area contributed by atoms with Gasteiger partial charge in [-0.05, 0) is 38.3 Å². The van der Waals surface area contributed by atoms with Gasteiger partial charge in [-0.1, -0.05) is 12.1 Å². The Balaban J connectivity index is 2.23. The smallest absolute Gasteiger partial charge is 0.188 e. The third kappa shape index (κ3) is 2.25. The molecule has 0 aromatic carbocycles. The van der Waals surface area contributed by atoms with Gasteiger partial charge in [-0.2, -0.15) is 0 Å². The van der Waals surface area contributed by atoms with E-state index in [2.05, 4.69) is 28.9 Å². The number of anilines is 1. The van der Waals surface area contributed by atoms with Gasteiger partial charge >= 0.3 is 0 Å². The van der Waals surface area contributed by atoms with E-state index in [1.165, 1.54) is 12.8 Å². The highest BCUT2D eigenvalue weighted by Gasteiger charge is 2.29. The van der Waals surface area contributed by atoms with E-state index in [-0.39, 0.29) is 5.84 Å². The summed E-state index contributed by atoms with van der Waals surface area (Å²) >= 11 is 0. The summed E-state index contributed by atoms with van der Waals surface area (Å²) in [6.45, 7) is 4.46. The zero-order chi connectivity index (χ0) is 13.1. The number of oxime groups is 1. The van der Waals surface area contributed by atoms with Crippen LogP contribution in [0.1, 0.15) is 38.8 Å². The van der Waals surface area contributed by atoms with Crippen LogP contribution in [0, 0.1) is 0 Å². The van der Waals surface area contributed by atoms with E-state index in [4.69, 9.17) is 10.9 Å². The molecule has 2 unspecified atom stereocenters. The Kier molecular flexibility index (Phi) is 3.69. The lowest BCUT2D eigenvalue weighted by atomic mass is 10.1. The fourth-order valence-corrected chi connectivity index (χ4v) is 2.68. The lowest BCUT2D eigenvalue weighted by Gasteiger charge is -2.30. The van der Waals surface area contributed by atoms with Gasteiger partial charge in [0.25, 0.3) is 0 Å². The lowest BCUT2D eigenvalue weighted by molar-refractivity contribution is 0.318. The van der Waals surface area contributed by atoms with E-state index in [1.807, 2.05) is 6.07 Å². The summed E-state index contributed by atoms with van der Waals surface area (Å²) in [7, 11) is 0. The number of nitrogens with zero attached hydrogens (tertiary/aromatic N) is 3. The number of rotatable bonds is 3. The standard InChI is InChI=1S/C13H20N4O/c1-3-10-5-4-9(2)17(10)11-6-7-12(15-8-11)13(14)16-18/h6-10,18H,3-5H2,1-2H3,(H2,14,16). The van der Waals surface area contributed by atoms with Gasteiger partial charge in [-0.25, -0.2) is 0 Å². The second-order valence-electron chi connectivity index (χ2n) is 4.78. The van der Waals surface area contributed by atoms with Gasteiger partial charge < -0.3 is 15.8 Å². The molecule has 0 spiro atoms. The molecule has 2 heterocycles. The summed E-state index contributed by atoms with van der Waals surface area (Å²) in [5.41, 5.74) is 7.12. The van der Waals surface area contributed by atoms with Gasteiger partial charge in [0.15, 0.2) is 5.84 Å². The minimum absolute atomic E-state index is 0.0445. The number of hydrogen-bond donors (Lipinski definition) is 2. The molecule has 0 amide bonds. The van der Waals surface area contributed by atoms with E-state index in [0.717, 1.165) is 12.1 Å². The van der Waals surface area contributed by atoms with E-state index in [1.54, 1.807) is 12.3 Å².